The van der Waals surface area contributed by atoms with Crippen LogP contribution in [0.2, 0.25) is 0 Å². The van der Waals surface area contributed by atoms with Gasteiger partial charge in [0.05, 0.1) is 29.5 Å². The zero-order chi connectivity index (χ0) is 24.3. The first-order chi connectivity index (χ1) is 15.5. The van der Waals surface area contributed by atoms with E-state index in [2.05, 4.69) is 5.10 Å². The first-order valence-corrected chi connectivity index (χ1v) is 9.51. The fraction of sp³-hybridized carbons (Fsp3) is 0.227. The Morgan fingerprint density at radius 1 is 1.06 bits per heavy atom. The molecule has 0 saturated carbocycles. The Hall–Kier alpha value is -3.47. The van der Waals surface area contributed by atoms with Gasteiger partial charge in [0, 0.05) is 17.5 Å². The maximum atomic E-state index is 13.7. The third kappa shape index (κ3) is 5.48. The summed E-state index contributed by atoms with van der Waals surface area (Å²) in [7, 11) is 0. The summed E-state index contributed by atoms with van der Waals surface area (Å²) >= 11 is 0. The Bertz CT molecular complexity index is 1210. The van der Waals surface area contributed by atoms with Crippen molar-refractivity contribution in [3.63, 3.8) is 0 Å². The van der Waals surface area contributed by atoms with Crippen LogP contribution in [0, 0.1) is 11.7 Å². The predicted octanol–water partition coefficient (Wildman–Crippen LogP) is 4.72. The van der Waals surface area contributed by atoms with Crippen molar-refractivity contribution in [1.82, 2.24) is 9.78 Å². The molecule has 3 aromatic rings. The van der Waals surface area contributed by atoms with E-state index in [0.29, 0.717) is 4.68 Å². The van der Waals surface area contributed by atoms with Crippen LogP contribution in [0.5, 0.6) is 0 Å². The first kappa shape index (κ1) is 24.2. The van der Waals surface area contributed by atoms with Crippen molar-refractivity contribution in [1.29, 1.82) is 0 Å². The number of Topliss-reactive ketones (excluding diaryl/α,β-unsaturated/α-hetero) is 1. The molecule has 0 fully saturated rings. The van der Waals surface area contributed by atoms with Crippen molar-refractivity contribution in [2.75, 3.05) is 6.61 Å². The first-order valence-electron chi connectivity index (χ1n) is 9.51. The van der Waals surface area contributed by atoms with Gasteiger partial charge in [0.25, 0.3) is 12.0 Å². The second kappa shape index (κ2) is 9.57. The minimum Gasteiger partial charge on any atom is -0.396 e. The summed E-state index contributed by atoms with van der Waals surface area (Å²) in [5.74, 6) is -4.35. The van der Waals surface area contributed by atoms with E-state index in [4.69, 9.17) is 5.11 Å². The molecule has 174 valence electrons. The molecule has 3 rings (SSSR count). The van der Waals surface area contributed by atoms with Gasteiger partial charge in [-0.05, 0) is 24.3 Å². The lowest BCUT2D eigenvalue weighted by atomic mass is 9.98. The average Bonchev–Trinajstić information content (AvgIpc) is 2.76. The second-order valence-electron chi connectivity index (χ2n) is 7.11. The zero-order valence-corrected chi connectivity index (χ0v) is 16.7. The minimum atomic E-state index is -4.88. The number of aliphatic hydroxyl groups excluding tert-OH is 1. The molecular formula is C22H16F6N2O3. The largest absolute Gasteiger partial charge is 0.396 e. The highest BCUT2D eigenvalue weighted by Gasteiger charge is 2.40. The Balaban J connectivity index is 2.16. The molecule has 0 radical (unpaired) electrons. The number of benzene rings is 2. The maximum Gasteiger partial charge on any atom is 0.394 e. The van der Waals surface area contributed by atoms with E-state index in [1.165, 1.54) is 24.3 Å². The fourth-order valence-electron chi connectivity index (χ4n) is 3.04. The van der Waals surface area contributed by atoms with Gasteiger partial charge in [-0.1, -0.05) is 30.3 Å². The maximum absolute atomic E-state index is 13.7. The molecule has 0 spiro atoms. The molecule has 0 amide bonds. The van der Waals surface area contributed by atoms with Gasteiger partial charge in [0.1, 0.15) is 5.82 Å². The van der Waals surface area contributed by atoms with Crippen LogP contribution in [0.15, 0.2) is 59.4 Å². The quantitative estimate of drug-likeness (QED) is 0.401. The third-order valence-electron chi connectivity index (χ3n) is 4.84. The van der Waals surface area contributed by atoms with Crippen molar-refractivity contribution >= 4 is 5.78 Å². The third-order valence-corrected chi connectivity index (χ3v) is 4.84. The molecule has 1 aromatic heterocycles. The highest BCUT2D eigenvalue weighted by Crippen LogP contribution is 2.30. The van der Waals surface area contributed by atoms with Gasteiger partial charge < -0.3 is 5.11 Å². The van der Waals surface area contributed by atoms with Gasteiger partial charge in [-0.3, -0.25) is 9.59 Å². The van der Waals surface area contributed by atoms with E-state index >= 15 is 0 Å². The molecule has 1 heterocycles. The number of carbonyl (C=O) groups is 1. The van der Waals surface area contributed by atoms with E-state index in [1.807, 2.05) is 0 Å². The molecule has 0 saturated heterocycles. The van der Waals surface area contributed by atoms with Gasteiger partial charge in [0.15, 0.2) is 5.78 Å². The van der Waals surface area contributed by atoms with E-state index in [9.17, 15) is 35.9 Å². The molecule has 0 aliphatic heterocycles. The number of hydrogen-bond acceptors (Lipinski definition) is 4. The summed E-state index contributed by atoms with van der Waals surface area (Å²) in [4.78, 5) is 25.5. The molecule has 0 aliphatic rings. The van der Waals surface area contributed by atoms with Crippen LogP contribution < -0.4 is 5.56 Å². The molecule has 5 nitrogen and oxygen atoms in total. The van der Waals surface area contributed by atoms with Crippen LogP contribution in [0.4, 0.5) is 26.3 Å². The second-order valence-corrected chi connectivity index (χ2v) is 7.11. The Kier molecular flexibility index (Phi) is 7.01. The standard InChI is InChI=1S/C22H16F6N2O3/c23-15-2-1-3-16(9-15)30-21(33)17(19(32)8-14(11-31)22(26,27)28)10-18(29-30)12-4-6-13(7-5-12)20(24)25/h1-7,9-10,14,20,31H,8,11H2/t14-/m1/s1. The van der Waals surface area contributed by atoms with Crippen LogP contribution in [0.3, 0.4) is 0 Å². The summed E-state index contributed by atoms with van der Waals surface area (Å²) in [6.45, 7) is -1.36. The summed E-state index contributed by atoms with van der Waals surface area (Å²) in [5, 5.41) is 13.1. The number of aromatic nitrogens is 2. The number of carbonyl (C=O) groups excluding carboxylic acids is 1. The molecule has 0 aliphatic carbocycles. The van der Waals surface area contributed by atoms with Crippen molar-refractivity contribution < 1.29 is 36.2 Å². The number of alkyl halides is 5. The van der Waals surface area contributed by atoms with Crippen LogP contribution >= 0.6 is 0 Å². The molecule has 0 bridgehead atoms. The molecule has 1 N–H and O–H groups in total. The lowest BCUT2D eigenvalue weighted by Gasteiger charge is -2.17. The Labute approximate surface area is 182 Å². The van der Waals surface area contributed by atoms with Crippen molar-refractivity contribution in [3.8, 4) is 16.9 Å². The molecule has 2 aromatic carbocycles. The van der Waals surface area contributed by atoms with E-state index < -0.39 is 54.3 Å². The van der Waals surface area contributed by atoms with Gasteiger partial charge in [0.2, 0.25) is 0 Å². The summed E-state index contributed by atoms with van der Waals surface area (Å²) in [6, 6.07) is 10.2. The molecule has 33 heavy (non-hydrogen) atoms. The highest BCUT2D eigenvalue weighted by molar-refractivity contribution is 5.96. The van der Waals surface area contributed by atoms with Gasteiger partial charge in [-0.15, -0.1) is 0 Å². The van der Waals surface area contributed by atoms with Gasteiger partial charge in [-0.2, -0.15) is 23.0 Å². The van der Waals surface area contributed by atoms with Crippen LogP contribution in [0.1, 0.15) is 28.8 Å². The lowest BCUT2D eigenvalue weighted by Crippen LogP contribution is -2.32. The number of aliphatic hydroxyl groups is 1. The monoisotopic (exact) mass is 470 g/mol. The molecule has 11 heteroatoms. The number of nitrogens with zero attached hydrogens (tertiary/aromatic N) is 2. The van der Waals surface area contributed by atoms with Crippen LogP contribution in [-0.4, -0.2) is 33.5 Å². The van der Waals surface area contributed by atoms with Crippen molar-refractivity contribution in [3.05, 3.63) is 81.9 Å². The normalized spacial score (nSPS) is 12.7. The topological polar surface area (TPSA) is 72.2 Å². The van der Waals surface area contributed by atoms with E-state index in [1.54, 1.807) is 0 Å². The van der Waals surface area contributed by atoms with Crippen molar-refractivity contribution in [2.24, 2.45) is 5.92 Å². The smallest absolute Gasteiger partial charge is 0.394 e. The minimum absolute atomic E-state index is 0.0874. The number of ketones is 1. The fourth-order valence-corrected chi connectivity index (χ4v) is 3.04. The van der Waals surface area contributed by atoms with E-state index in [0.717, 1.165) is 30.3 Å². The van der Waals surface area contributed by atoms with Gasteiger partial charge >= 0.3 is 6.18 Å². The Morgan fingerprint density at radius 2 is 1.73 bits per heavy atom. The molecular weight excluding hydrogens is 454 g/mol. The van der Waals surface area contributed by atoms with Gasteiger partial charge in [-0.25, -0.2) is 13.2 Å². The Morgan fingerprint density at radius 3 is 2.27 bits per heavy atom. The SMILES string of the molecule is O=C(C[C@H](CO)C(F)(F)F)c1cc(-c2ccc(C(F)F)cc2)nn(-c2cccc(F)c2)c1=O. The molecule has 1 atom stereocenters. The number of rotatable bonds is 7. The number of hydrogen-bond donors (Lipinski definition) is 1. The predicted molar refractivity (Wildman–Crippen MR) is 106 cm³/mol. The zero-order valence-electron chi connectivity index (χ0n) is 16.7. The number of halogens is 6. The lowest BCUT2D eigenvalue weighted by molar-refractivity contribution is -0.182. The van der Waals surface area contributed by atoms with Crippen molar-refractivity contribution in [2.45, 2.75) is 19.0 Å². The summed E-state index contributed by atoms with van der Waals surface area (Å²) < 4.78 is 79.1. The molecule has 0 unspecified atom stereocenters. The van der Waals surface area contributed by atoms with Crippen LogP contribution in [-0.2, 0) is 0 Å². The van der Waals surface area contributed by atoms with E-state index in [-0.39, 0.29) is 22.5 Å². The summed E-state index contributed by atoms with van der Waals surface area (Å²) in [5.41, 5.74) is -2.08. The van der Waals surface area contributed by atoms with Crippen LogP contribution in [0.25, 0.3) is 16.9 Å². The average molecular weight is 470 g/mol. The summed E-state index contributed by atoms with van der Waals surface area (Å²) in [6.07, 6.45) is -8.83. The highest BCUT2D eigenvalue weighted by atomic mass is 19.4.